The van der Waals surface area contributed by atoms with Crippen molar-refractivity contribution >= 4 is 53.7 Å². The summed E-state index contributed by atoms with van der Waals surface area (Å²) in [6, 6.07) is 1.46. The Kier molecular flexibility index (Phi) is 24.9. The monoisotopic (exact) mass is 911 g/mol. The smallest absolute Gasteiger partial charge is 0.326 e. The molecule has 1 aliphatic rings. The van der Waals surface area contributed by atoms with E-state index in [-0.39, 0.29) is 129 Å². The molecule has 0 saturated carbocycles. The highest BCUT2D eigenvalue weighted by atomic mass is 18.2. The Bertz CT molecular complexity index is 1690. The van der Waals surface area contributed by atoms with Crippen molar-refractivity contribution in [2.45, 2.75) is 70.0 Å². The number of urea groups is 1. The molecule has 24 heteroatoms. The second kappa shape index (κ2) is 29.4. The third-order valence-corrected chi connectivity index (χ3v) is 10.2. The average Bonchev–Trinajstić information content (AvgIpc) is 3.20. The third kappa shape index (κ3) is 24.0. The lowest BCUT2D eigenvalue weighted by Crippen LogP contribution is -2.51. The van der Waals surface area contributed by atoms with Crippen molar-refractivity contribution < 1.29 is 78.2 Å². The van der Waals surface area contributed by atoms with Crippen molar-refractivity contribution in [3.63, 3.8) is 0 Å². The molecule has 1 aromatic rings. The van der Waals surface area contributed by atoms with Crippen LogP contribution in [0.3, 0.4) is 0 Å². The first-order valence-corrected chi connectivity index (χ1v) is 20.9. The van der Waals surface area contributed by atoms with Crippen LogP contribution in [-0.4, -0.2) is 213 Å². The minimum Gasteiger partial charge on any atom is -0.481 e. The van der Waals surface area contributed by atoms with E-state index in [1.165, 1.54) is 29.2 Å². The molecule has 1 aromatic carbocycles. The van der Waals surface area contributed by atoms with Crippen LogP contribution in [0.4, 0.5) is 9.18 Å². The largest absolute Gasteiger partial charge is 0.481 e. The summed E-state index contributed by atoms with van der Waals surface area (Å²) in [5.41, 5.74) is 0.638. The molecule has 2 rings (SSSR count). The van der Waals surface area contributed by atoms with E-state index in [1.807, 2.05) is 0 Å². The molecule has 358 valence electrons. The fourth-order valence-corrected chi connectivity index (χ4v) is 6.73. The SMILES string of the molecule is O=C(O)CCC(NC(=O)NC(CCCCN(Cc1ccc([18F])cc1)C(=O)CCCCNC(=O)CN1CCN(CC(=O)O)CCN(CC(=O)O)CCN(CC(=O)O)CC1)C(=O)O)C(=O)O. The van der Waals surface area contributed by atoms with Gasteiger partial charge >= 0.3 is 41.8 Å². The highest BCUT2D eigenvalue weighted by Gasteiger charge is 2.26. The van der Waals surface area contributed by atoms with Crippen LogP contribution in [0, 0.1) is 5.82 Å². The Labute approximate surface area is 369 Å². The summed E-state index contributed by atoms with van der Waals surface area (Å²) in [5.74, 6) is -8.43. The van der Waals surface area contributed by atoms with Gasteiger partial charge in [0.2, 0.25) is 11.8 Å². The van der Waals surface area contributed by atoms with Crippen molar-refractivity contribution in [1.29, 1.82) is 0 Å². The van der Waals surface area contributed by atoms with Crippen LogP contribution in [0.15, 0.2) is 24.3 Å². The molecule has 1 heterocycles. The maximum Gasteiger partial charge on any atom is 0.326 e. The predicted octanol–water partition coefficient (Wildman–Crippen LogP) is -0.843. The van der Waals surface area contributed by atoms with Crippen LogP contribution in [0.5, 0.6) is 0 Å². The number of hydrogen-bond acceptors (Lipinski definition) is 13. The van der Waals surface area contributed by atoms with Gasteiger partial charge in [-0.3, -0.25) is 48.4 Å². The normalized spacial score (nSPS) is 15.6. The number of aliphatic carboxylic acids is 6. The molecule has 0 aromatic heterocycles. The molecule has 0 radical (unpaired) electrons. The summed E-state index contributed by atoms with van der Waals surface area (Å²) in [6.45, 7) is 1.52. The molecule has 1 fully saturated rings. The Morgan fingerprint density at radius 2 is 1.02 bits per heavy atom. The molecule has 2 atom stereocenters. The van der Waals surface area contributed by atoms with Gasteiger partial charge in [-0.2, -0.15) is 0 Å². The zero-order chi connectivity index (χ0) is 47.6. The van der Waals surface area contributed by atoms with Crippen molar-refractivity contribution in [1.82, 2.24) is 40.4 Å². The highest BCUT2D eigenvalue weighted by Crippen LogP contribution is 2.13. The predicted molar refractivity (Wildman–Crippen MR) is 223 cm³/mol. The van der Waals surface area contributed by atoms with Crippen molar-refractivity contribution in [3.8, 4) is 0 Å². The van der Waals surface area contributed by atoms with E-state index < -0.39 is 72.6 Å². The van der Waals surface area contributed by atoms with E-state index >= 15 is 0 Å². The van der Waals surface area contributed by atoms with Gasteiger partial charge in [-0.15, -0.1) is 0 Å². The van der Waals surface area contributed by atoms with Gasteiger partial charge in [-0.1, -0.05) is 12.1 Å². The topological polar surface area (TPSA) is 327 Å². The van der Waals surface area contributed by atoms with Crippen LogP contribution in [-0.2, 0) is 44.9 Å². The number of unbranched alkanes of at least 4 members (excludes halogenated alkanes) is 2. The van der Waals surface area contributed by atoms with E-state index in [2.05, 4.69) is 16.0 Å². The lowest BCUT2D eigenvalue weighted by Gasteiger charge is -2.32. The second-order valence-corrected chi connectivity index (χ2v) is 15.4. The van der Waals surface area contributed by atoms with Crippen LogP contribution in [0.1, 0.15) is 56.9 Å². The number of carboxylic acid groups (broad SMARTS) is 6. The number of carbonyl (C=O) groups is 9. The van der Waals surface area contributed by atoms with E-state index in [0.29, 0.717) is 24.8 Å². The Morgan fingerprint density at radius 3 is 1.45 bits per heavy atom. The summed E-state index contributed by atoms with van der Waals surface area (Å²) in [7, 11) is 0. The van der Waals surface area contributed by atoms with Gasteiger partial charge in [-0.05, 0) is 56.2 Å². The van der Waals surface area contributed by atoms with Crippen LogP contribution >= 0.6 is 0 Å². The van der Waals surface area contributed by atoms with E-state index in [1.54, 1.807) is 19.6 Å². The van der Waals surface area contributed by atoms with Crippen LogP contribution in [0.2, 0.25) is 0 Å². The average molecular weight is 912 g/mol. The molecule has 0 spiro atoms. The lowest BCUT2D eigenvalue weighted by molar-refractivity contribution is -0.141. The quantitative estimate of drug-likeness (QED) is 0.0486. The number of benzene rings is 1. The van der Waals surface area contributed by atoms with Gasteiger partial charge in [0, 0.05) is 84.8 Å². The first-order valence-electron chi connectivity index (χ1n) is 20.9. The number of amides is 4. The minimum absolute atomic E-state index is 0.0735. The van der Waals surface area contributed by atoms with Gasteiger partial charge in [0.05, 0.1) is 26.2 Å². The highest BCUT2D eigenvalue weighted by molar-refractivity contribution is 5.86. The molecule has 9 N–H and O–H groups in total. The Balaban J connectivity index is 1.96. The van der Waals surface area contributed by atoms with Crippen molar-refractivity contribution in [2.75, 3.05) is 91.6 Å². The first-order chi connectivity index (χ1) is 30.3. The van der Waals surface area contributed by atoms with Crippen molar-refractivity contribution in [3.05, 3.63) is 35.6 Å². The lowest BCUT2D eigenvalue weighted by atomic mass is 10.1. The molecular formula is C40H61FN8O15. The summed E-state index contributed by atoms with van der Waals surface area (Å²) < 4.78 is 13.6. The molecule has 2 unspecified atom stereocenters. The number of carbonyl (C=O) groups excluding carboxylic acids is 3. The Hall–Kier alpha value is -5.98. The van der Waals surface area contributed by atoms with Gasteiger partial charge in [0.15, 0.2) is 0 Å². The number of nitrogens with zero attached hydrogens (tertiary/aromatic N) is 5. The van der Waals surface area contributed by atoms with E-state index in [9.17, 15) is 73.1 Å². The van der Waals surface area contributed by atoms with E-state index in [0.717, 1.165) is 0 Å². The molecule has 0 aliphatic carbocycles. The van der Waals surface area contributed by atoms with E-state index in [4.69, 9.17) is 5.11 Å². The first kappa shape index (κ1) is 54.2. The summed E-state index contributed by atoms with van der Waals surface area (Å²) >= 11 is 0. The zero-order valence-corrected chi connectivity index (χ0v) is 35.7. The fraction of sp³-hybridized carbons (Fsp3) is 0.625. The summed E-state index contributed by atoms with van der Waals surface area (Å²) in [6.07, 6.45) is 0.349. The number of carboxylic acids is 6. The standard InChI is InChI=1S/C40H61FN8O15/c41-29-9-7-28(8-10-29)23-49(14-4-2-5-30(38(60)61)43-40(64)44-31(39(62)63)11-12-34(52)53)33(51)6-1-3-13-42-32(50)24-45-15-17-46(25-35(54)55)19-21-48(27-37(58)59)22-20-47(18-16-45)26-36(56)57/h7-10,30-31H,1-6,11-27H2,(H,42,50)(H,52,53)(H,54,55)(H,56,57)(H,58,59)(H,60,61)(H,62,63)(H2,43,44,64)/i41-1. The summed E-state index contributed by atoms with van der Waals surface area (Å²) in [4.78, 5) is 116. The number of hydrogen-bond donors (Lipinski definition) is 9. The zero-order valence-electron chi connectivity index (χ0n) is 35.7. The molecule has 4 amide bonds. The Morgan fingerprint density at radius 1 is 0.562 bits per heavy atom. The molecule has 0 bridgehead atoms. The van der Waals surface area contributed by atoms with Crippen molar-refractivity contribution in [2.24, 2.45) is 0 Å². The van der Waals surface area contributed by atoms with Gasteiger partial charge in [0.25, 0.3) is 0 Å². The maximum atomic E-state index is 13.6. The fourth-order valence-electron chi connectivity index (χ4n) is 6.73. The minimum atomic E-state index is -1.56. The maximum absolute atomic E-state index is 13.6. The second-order valence-electron chi connectivity index (χ2n) is 15.4. The number of rotatable bonds is 27. The van der Waals surface area contributed by atoms with Gasteiger partial charge < -0.3 is 51.5 Å². The molecule has 23 nitrogen and oxygen atoms in total. The number of halogens is 1. The number of nitrogens with one attached hydrogen (secondary N) is 3. The third-order valence-electron chi connectivity index (χ3n) is 10.2. The molecular weight excluding hydrogens is 850 g/mol. The summed E-state index contributed by atoms with van der Waals surface area (Å²) in [5, 5.41) is 63.1. The van der Waals surface area contributed by atoms with Crippen LogP contribution < -0.4 is 16.0 Å². The van der Waals surface area contributed by atoms with Crippen LogP contribution in [0.25, 0.3) is 0 Å². The van der Waals surface area contributed by atoms with Gasteiger partial charge in [-0.25, -0.2) is 18.8 Å². The van der Waals surface area contributed by atoms with Gasteiger partial charge in [0.1, 0.15) is 17.9 Å². The molecule has 64 heavy (non-hydrogen) atoms. The molecule has 1 saturated heterocycles. The molecule has 1 aliphatic heterocycles.